The predicted molar refractivity (Wildman–Crippen MR) is 103 cm³/mol. The van der Waals surface area contributed by atoms with E-state index >= 15 is 0 Å². The number of carbonyl (C=O) groups is 1. The molecule has 0 N–H and O–H groups in total. The molecule has 2 heterocycles. The molecule has 6 heteroatoms. The van der Waals surface area contributed by atoms with Crippen molar-refractivity contribution in [2.45, 2.75) is 25.7 Å². The summed E-state index contributed by atoms with van der Waals surface area (Å²) < 4.78 is 6.46. The number of benzene rings is 2. The van der Waals surface area contributed by atoms with Crippen molar-refractivity contribution in [3.05, 3.63) is 64.5 Å². The van der Waals surface area contributed by atoms with Crippen LogP contribution in [0.15, 0.2) is 57.5 Å². The molecule has 0 bridgehead atoms. The minimum absolute atomic E-state index is 0.0792. The van der Waals surface area contributed by atoms with Crippen LogP contribution in [0.4, 0.5) is 5.69 Å². The van der Waals surface area contributed by atoms with Crippen LogP contribution in [0.25, 0.3) is 11.4 Å². The molecule has 1 atom stereocenters. The van der Waals surface area contributed by atoms with E-state index in [1.165, 1.54) is 5.56 Å². The largest absolute Gasteiger partial charge is 0.339 e. The molecular formula is C20H18BrN3O2. The quantitative estimate of drug-likeness (QED) is 0.630. The Kier molecular flexibility index (Phi) is 4.59. The van der Waals surface area contributed by atoms with Crippen LogP contribution in [-0.2, 0) is 11.2 Å². The van der Waals surface area contributed by atoms with Crippen LogP contribution in [-0.4, -0.2) is 22.6 Å². The number of aryl methyl sites for hydroxylation is 1. The zero-order chi connectivity index (χ0) is 18.1. The average Bonchev–Trinajstić information content (AvgIpc) is 3.29. The number of halogens is 1. The fourth-order valence-electron chi connectivity index (χ4n) is 3.18. The van der Waals surface area contributed by atoms with E-state index in [1.54, 1.807) is 0 Å². The second-order valence-corrected chi connectivity index (χ2v) is 7.31. The molecule has 4 rings (SSSR count). The van der Waals surface area contributed by atoms with Gasteiger partial charge in [0.15, 0.2) is 0 Å². The molecule has 0 aliphatic carbocycles. The molecule has 1 saturated heterocycles. The van der Waals surface area contributed by atoms with Crippen LogP contribution in [0.3, 0.4) is 0 Å². The van der Waals surface area contributed by atoms with Crippen LogP contribution in [0.2, 0.25) is 0 Å². The maximum atomic E-state index is 12.5. The molecule has 1 unspecified atom stereocenters. The molecule has 5 nitrogen and oxygen atoms in total. The van der Waals surface area contributed by atoms with Crippen LogP contribution in [0, 0.1) is 0 Å². The summed E-state index contributed by atoms with van der Waals surface area (Å²) in [6.07, 6.45) is 1.33. The van der Waals surface area contributed by atoms with Crippen LogP contribution >= 0.6 is 15.9 Å². The molecule has 1 aliphatic rings. The highest BCUT2D eigenvalue weighted by Crippen LogP contribution is 2.32. The Morgan fingerprint density at radius 1 is 1.23 bits per heavy atom. The number of amides is 1. The smallest absolute Gasteiger partial charge is 0.232 e. The second-order valence-electron chi connectivity index (χ2n) is 6.39. The van der Waals surface area contributed by atoms with Crippen LogP contribution in [0.1, 0.15) is 30.7 Å². The van der Waals surface area contributed by atoms with Crippen LogP contribution in [0.5, 0.6) is 0 Å². The van der Waals surface area contributed by atoms with Crippen molar-refractivity contribution in [2.24, 2.45) is 0 Å². The topological polar surface area (TPSA) is 59.2 Å². The van der Waals surface area contributed by atoms with Gasteiger partial charge in [0.25, 0.3) is 0 Å². The zero-order valence-electron chi connectivity index (χ0n) is 14.4. The van der Waals surface area contributed by atoms with Gasteiger partial charge in [-0.3, -0.25) is 4.79 Å². The maximum Gasteiger partial charge on any atom is 0.232 e. The standard InChI is InChI=1S/C20H18BrN3O2/c1-2-13-4-3-5-17(10-13)24-12-15(11-18(24)25)20-22-19(23-26-20)14-6-8-16(21)9-7-14/h3-10,15H,2,11-12H2,1H3. The summed E-state index contributed by atoms with van der Waals surface area (Å²) in [7, 11) is 0. The van der Waals surface area contributed by atoms with E-state index in [9.17, 15) is 4.79 Å². The fourth-order valence-corrected chi connectivity index (χ4v) is 3.45. The summed E-state index contributed by atoms with van der Waals surface area (Å²) in [6, 6.07) is 15.8. The fraction of sp³-hybridized carbons (Fsp3) is 0.250. The Bertz CT molecular complexity index is 936. The maximum absolute atomic E-state index is 12.5. The summed E-state index contributed by atoms with van der Waals surface area (Å²) in [4.78, 5) is 18.8. The van der Waals surface area contributed by atoms with Gasteiger partial charge in [-0.2, -0.15) is 4.98 Å². The van der Waals surface area contributed by atoms with Gasteiger partial charge in [-0.1, -0.05) is 40.1 Å². The van der Waals surface area contributed by atoms with E-state index in [0.717, 1.165) is 22.1 Å². The van der Waals surface area contributed by atoms with E-state index in [4.69, 9.17) is 4.52 Å². The first-order valence-electron chi connectivity index (χ1n) is 8.63. The first-order valence-corrected chi connectivity index (χ1v) is 9.42. The molecule has 132 valence electrons. The Labute approximate surface area is 160 Å². The van der Waals surface area contributed by atoms with Crippen molar-refractivity contribution in [3.63, 3.8) is 0 Å². The van der Waals surface area contributed by atoms with Gasteiger partial charge in [-0.15, -0.1) is 0 Å². The van der Waals surface area contributed by atoms with Crippen molar-refractivity contribution in [1.29, 1.82) is 0 Å². The minimum atomic E-state index is -0.0792. The number of hydrogen-bond donors (Lipinski definition) is 0. The van der Waals surface area contributed by atoms with Crippen molar-refractivity contribution in [3.8, 4) is 11.4 Å². The van der Waals surface area contributed by atoms with Gasteiger partial charge in [0, 0.05) is 28.7 Å². The highest BCUT2D eigenvalue weighted by Gasteiger charge is 2.35. The van der Waals surface area contributed by atoms with Gasteiger partial charge < -0.3 is 9.42 Å². The van der Waals surface area contributed by atoms with E-state index in [2.05, 4.69) is 45.1 Å². The third-order valence-electron chi connectivity index (χ3n) is 4.65. The summed E-state index contributed by atoms with van der Waals surface area (Å²) >= 11 is 3.42. The van der Waals surface area contributed by atoms with Crippen molar-refractivity contribution in [2.75, 3.05) is 11.4 Å². The predicted octanol–water partition coefficient (Wildman–Crippen LogP) is 4.58. The molecule has 2 aromatic carbocycles. The summed E-state index contributed by atoms with van der Waals surface area (Å²) in [5.41, 5.74) is 3.04. The Balaban J connectivity index is 1.54. The molecule has 1 aromatic heterocycles. The molecule has 0 spiro atoms. The lowest BCUT2D eigenvalue weighted by Gasteiger charge is -2.16. The summed E-state index contributed by atoms with van der Waals surface area (Å²) in [5, 5.41) is 4.08. The summed E-state index contributed by atoms with van der Waals surface area (Å²) in [6.45, 7) is 2.67. The van der Waals surface area contributed by atoms with Crippen molar-refractivity contribution in [1.82, 2.24) is 10.1 Å². The lowest BCUT2D eigenvalue weighted by molar-refractivity contribution is -0.117. The van der Waals surface area contributed by atoms with Crippen LogP contribution < -0.4 is 4.90 Å². The van der Waals surface area contributed by atoms with Gasteiger partial charge in [0.2, 0.25) is 17.6 Å². The van der Waals surface area contributed by atoms with E-state index in [0.29, 0.717) is 24.7 Å². The van der Waals surface area contributed by atoms with Crippen molar-refractivity contribution < 1.29 is 9.32 Å². The third kappa shape index (κ3) is 3.29. The number of anilines is 1. The third-order valence-corrected chi connectivity index (χ3v) is 5.18. The Morgan fingerprint density at radius 2 is 2.04 bits per heavy atom. The van der Waals surface area contributed by atoms with Gasteiger partial charge in [0.05, 0.1) is 5.92 Å². The van der Waals surface area contributed by atoms with Crippen molar-refractivity contribution >= 4 is 27.5 Å². The highest BCUT2D eigenvalue weighted by molar-refractivity contribution is 9.10. The molecule has 0 saturated carbocycles. The molecule has 26 heavy (non-hydrogen) atoms. The molecule has 1 fully saturated rings. The zero-order valence-corrected chi connectivity index (χ0v) is 15.9. The Hall–Kier alpha value is -2.47. The molecular weight excluding hydrogens is 394 g/mol. The summed E-state index contributed by atoms with van der Waals surface area (Å²) in [5.74, 6) is 1.08. The lowest BCUT2D eigenvalue weighted by atomic mass is 10.1. The second kappa shape index (κ2) is 7.03. The molecule has 3 aromatic rings. The SMILES string of the molecule is CCc1cccc(N2CC(c3nc(-c4ccc(Br)cc4)no3)CC2=O)c1. The first kappa shape index (κ1) is 17.0. The normalized spacial score (nSPS) is 17.1. The monoisotopic (exact) mass is 411 g/mol. The van der Waals surface area contributed by atoms with Gasteiger partial charge in [-0.25, -0.2) is 0 Å². The number of hydrogen-bond acceptors (Lipinski definition) is 4. The molecule has 1 aliphatic heterocycles. The molecule has 1 amide bonds. The van der Waals surface area contributed by atoms with Gasteiger partial charge in [0.1, 0.15) is 0 Å². The number of aromatic nitrogens is 2. The van der Waals surface area contributed by atoms with Gasteiger partial charge in [-0.05, 0) is 48.4 Å². The Morgan fingerprint density at radius 3 is 2.81 bits per heavy atom. The lowest BCUT2D eigenvalue weighted by Crippen LogP contribution is -2.24. The molecule has 0 radical (unpaired) electrons. The minimum Gasteiger partial charge on any atom is -0.339 e. The van der Waals surface area contributed by atoms with E-state index in [1.807, 2.05) is 41.3 Å². The highest BCUT2D eigenvalue weighted by atomic mass is 79.9. The number of rotatable bonds is 4. The van der Waals surface area contributed by atoms with E-state index < -0.39 is 0 Å². The number of nitrogens with zero attached hydrogens (tertiary/aromatic N) is 3. The van der Waals surface area contributed by atoms with E-state index in [-0.39, 0.29) is 11.8 Å². The average molecular weight is 412 g/mol. The number of carbonyl (C=O) groups excluding carboxylic acids is 1. The van der Waals surface area contributed by atoms with Gasteiger partial charge >= 0.3 is 0 Å². The first-order chi connectivity index (χ1) is 12.6.